The highest BCUT2D eigenvalue weighted by Gasteiger charge is 2.21. The van der Waals surface area contributed by atoms with Gasteiger partial charge in [0.1, 0.15) is 5.82 Å². The van der Waals surface area contributed by atoms with Gasteiger partial charge < -0.3 is 5.32 Å². The van der Waals surface area contributed by atoms with E-state index in [-0.39, 0.29) is 5.82 Å². The normalized spacial score (nSPS) is 15.0. The molecule has 1 rings (SSSR count). The van der Waals surface area contributed by atoms with Gasteiger partial charge in [-0.15, -0.1) is 0 Å². The molecule has 0 heterocycles. The van der Waals surface area contributed by atoms with Crippen molar-refractivity contribution in [1.29, 1.82) is 0 Å². The molecular weight excluding hydrogens is 281 g/mol. The van der Waals surface area contributed by atoms with Gasteiger partial charge in [0.15, 0.2) is 0 Å². The van der Waals surface area contributed by atoms with Crippen LogP contribution in [-0.2, 0) is 6.42 Å². The Morgan fingerprint density at radius 3 is 2.47 bits per heavy atom. The Labute approximate surface area is 112 Å². The molecule has 1 aromatic rings. The van der Waals surface area contributed by atoms with Crippen molar-refractivity contribution in [2.75, 3.05) is 7.05 Å². The van der Waals surface area contributed by atoms with Crippen LogP contribution < -0.4 is 5.32 Å². The maximum absolute atomic E-state index is 13.2. The average molecular weight is 302 g/mol. The summed E-state index contributed by atoms with van der Waals surface area (Å²) in [5.74, 6) is 0.897. The highest BCUT2D eigenvalue weighted by molar-refractivity contribution is 9.10. The lowest BCUT2D eigenvalue weighted by atomic mass is 9.84. The van der Waals surface area contributed by atoms with Gasteiger partial charge in [0.2, 0.25) is 0 Å². The van der Waals surface area contributed by atoms with Crippen molar-refractivity contribution in [3.05, 3.63) is 34.1 Å². The third-order valence-corrected chi connectivity index (χ3v) is 4.19. The molecule has 3 heteroatoms. The minimum absolute atomic E-state index is 0.164. The Balaban J connectivity index is 2.89. The summed E-state index contributed by atoms with van der Waals surface area (Å²) in [6.07, 6.45) is 0.887. The van der Waals surface area contributed by atoms with E-state index < -0.39 is 0 Å². The molecule has 0 spiro atoms. The molecule has 17 heavy (non-hydrogen) atoms. The van der Waals surface area contributed by atoms with E-state index in [1.807, 2.05) is 7.05 Å². The second kappa shape index (κ2) is 6.50. The molecule has 1 nitrogen and oxygen atoms in total. The quantitative estimate of drug-likeness (QED) is 0.866. The van der Waals surface area contributed by atoms with Crippen molar-refractivity contribution in [1.82, 2.24) is 5.32 Å². The highest BCUT2D eigenvalue weighted by atomic mass is 79.9. The number of benzene rings is 1. The maximum Gasteiger partial charge on any atom is 0.123 e. The summed E-state index contributed by atoms with van der Waals surface area (Å²) >= 11 is 3.49. The molecule has 0 bridgehead atoms. The third kappa shape index (κ3) is 4.07. The van der Waals surface area contributed by atoms with Crippen LogP contribution in [0.1, 0.15) is 26.3 Å². The Morgan fingerprint density at radius 2 is 1.94 bits per heavy atom. The van der Waals surface area contributed by atoms with Gasteiger partial charge in [0.05, 0.1) is 0 Å². The predicted octanol–water partition coefficient (Wildman–Crippen LogP) is 4.01. The van der Waals surface area contributed by atoms with E-state index in [0.29, 0.717) is 17.9 Å². The van der Waals surface area contributed by atoms with E-state index in [4.69, 9.17) is 0 Å². The van der Waals surface area contributed by atoms with Gasteiger partial charge in [-0.05, 0) is 56.0 Å². The smallest absolute Gasteiger partial charge is 0.123 e. The lowest BCUT2D eigenvalue weighted by Crippen LogP contribution is -2.35. The molecule has 0 aromatic heterocycles. The first-order valence-corrected chi connectivity index (χ1v) is 6.86. The first-order chi connectivity index (χ1) is 7.95. The number of rotatable bonds is 5. The SMILES string of the molecule is CNC(C)C(Cc1cc(F)ccc1Br)C(C)C. The summed E-state index contributed by atoms with van der Waals surface area (Å²) < 4.78 is 14.2. The minimum Gasteiger partial charge on any atom is -0.317 e. The minimum atomic E-state index is -0.164. The van der Waals surface area contributed by atoms with Gasteiger partial charge in [-0.25, -0.2) is 4.39 Å². The Bertz CT molecular complexity index is 365. The summed E-state index contributed by atoms with van der Waals surface area (Å²) in [7, 11) is 1.97. The summed E-state index contributed by atoms with van der Waals surface area (Å²) in [6.45, 7) is 6.61. The van der Waals surface area contributed by atoms with E-state index in [1.165, 1.54) is 6.07 Å². The molecule has 0 aliphatic heterocycles. The molecule has 1 N–H and O–H groups in total. The first-order valence-electron chi connectivity index (χ1n) is 6.07. The number of halogens is 2. The first kappa shape index (κ1) is 14.7. The molecule has 2 atom stereocenters. The molecule has 0 radical (unpaired) electrons. The number of nitrogens with one attached hydrogen (secondary N) is 1. The molecule has 0 aliphatic carbocycles. The summed E-state index contributed by atoms with van der Waals surface area (Å²) in [6, 6.07) is 5.32. The fraction of sp³-hybridized carbons (Fsp3) is 0.571. The van der Waals surface area contributed by atoms with Gasteiger partial charge in [0, 0.05) is 10.5 Å². The Morgan fingerprint density at radius 1 is 1.29 bits per heavy atom. The average Bonchev–Trinajstić information content (AvgIpc) is 2.28. The van der Waals surface area contributed by atoms with Crippen LogP contribution in [0.2, 0.25) is 0 Å². The maximum atomic E-state index is 13.2. The summed E-state index contributed by atoms with van der Waals surface area (Å²) in [5, 5.41) is 3.29. The van der Waals surface area contributed by atoms with Crippen molar-refractivity contribution in [2.24, 2.45) is 11.8 Å². The van der Waals surface area contributed by atoms with Crippen LogP contribution >= 0.6 is 15.9 Å². The standard InChI is InChI=1S/C14H21BrFN/c1-9(2)13(10(3)17-4)8-11-7-12(16)5-6-14(11)15/h5-7,9-10,13,17H,8H2,1-4H3. The number of hydrogen-bond donors (Lipinski definition) is 1. The molecule has 0 saturated carbocycles. The molecular formula is C14H21BrFN. The van der Waals surface area contributed by atoms with Gasteiger partial charge in [-0.2, -0.15) is 0 Å². The second-order valence-electron chi connectivity index (χ2n) is 4.93. The topological polar surface area (TPSA) is 12.0 Å². The van der Waals surface area contributed by atoms with Crippen LogP contribution in [-0.4, -0.2) is 13.1 Å². The Kier molecular flexibility index (Phi) is 5.60. The number of hydrogen-bond acceptors (Lipinski definition) is 1. The fourth-order valence-corrected chi connectivity index (χ4v) is 2.57. The van der Waals surface area contributed by atoms with Crippen LogP contribution in [0.4, 0.5) is 4.39 Å². The molecule has 0 amide bonds. The lowest BCUT2D eigenvalue weighted by Gasteiger charge is -2.27. The van der Waals surface area contributed by atoms with Crippen molar-refractivity contribution in [2.45, 2.75) is 33.2 Å². The zero-order valence-corrected chi connectivity index (χ0v) is 12.5. The van der Waals surface area contributed by atoms with Gasteiger partial charge in [-0.1, -0.05) is 29.8 Å². The molecule has 1 aromatic carbocycles. The van der Waals surface area contributed by atoms with E-state index in [1.54, 1.807) is 12.1 Å². The summed E-state index contributed by atoms with van der Waals surface area (Å²) in [4.78, 5) is 0. The lowest BCUT2D eigenvalue weighted by molar-refractivity contribution is 0.299. The summed E-state index contributed by atoms with van der Waals surface area (Å²) in [5.41, 5.74) is 1.05. The van der Waals surface area contributed by atoms with Crippen LogP contribution in [0.25, 0.3) is 0 Å². The van der Waals surface area contributed by atoms with E-state index in [0.717, 1.165) is 16.5 Å². The van der Waals surface area contributed by atoms with E-state index in [9.17, 15) is 4.39 Å². The monoisotopic (exact) mass is 301 g/mol. The van der Waals surface area contributed by atoms with Crippen molar-refractivity contribution >= 4 is 15.9 Å². The molecule has 0 saturated heterocycles. The van der Waals surface area contributed by atoms with Crippen LogP contribution in [0.15, 0.2) is 22.7 Å². The van der Waals surface area contributed by atoms with Crippen LogP contribution in [0.3, 0.4) is 0 Å². The van der Waals surface area contributed by atoms with Crippen LogP contribution in [0.5, 0.6) is 0 Å². The highest BCUT2D eigenvalue weighted by Crippen LogP contribution is 2.26. The molecule has 96 valence electrons. The molecule has 2 unspecified atom stereocenters. The zero-order valence-electron chi connectivity index (χ0n) is 10.9. The van der Waals surface area contributed by atoms with E-state index in [2.05, 4.69) is 42.0 Å². The second-order valence-corrected chi connectivity index (χ2v) is 5.78. The third-order valence-electron chi connectivity index (χ3n) is 3.42. The van der Waals surface area contributed by atoms with Crippen molar-refractivity contribution in [3.8, 4) is 0 Å². The fourth-order valence-electron chi connectivity index (χ4n) is 2.16. The van der Waals surface area contributed by atoms with Gasteiger partial charge in [-0.3, -0.25) is 0 Å². The van der Waals surface area contributed by atoms with E-state index >= 15 is 0 Å². The largest absolute Gasteiger partial charge is 0.317 e. The Hall–Kier alpha value is -0.410. The van der Waals surface area contributed by atoms with Crippen LogP contribution in [0, 0.1) is 17.7 Å². The molecule has 0 fully saturated rings. The predicted molar refractivity (Wildman–Crippen MR) is 74.7 cm³/mol. The van der Waals surface area contributed by atoms with Crippen molar-refractivity contribution in [3.63, 3.8) is 0 Å². The van der Waals surface area contributed by atoms with Gasteiger partial charge >= 0.3 is 0 Å². The van der Waals surface area contributed by atoms with Gasteiger partial charge in [0.25, 0.3) is 0 Å². The zero-order chi connectivity index (χ0) is 13.0. The molecule has 0 aliphatic rings. The van der Waals surface area contributed by atoms with Crippen molar-refractivity contribution < 1.29 is 4.39 Å².